The zero-order chi connectivity index (χ0) is 14.8. The highest BCUT2D eigenvalue weighted by atomic mass is 32.2. The average Bonchev–Trinajstić information content (AvgIpc) is 2.48. The molecule has 1 aromatic carbocycles. The summed E-state index contributed by atoms with van der Waals surface area (Å²) in [5.41, 5.74) is 1.21. The van der Waals surface area contributed by atoms with Gasteiger partial charge in [-0.25, -0.2) is 0 Å². The zero-order valence-electron chi connectivity index (χ0n) is 10.6. The Bertz CT molecular complexity index is 875. The summed E-state index contributed by atoms with van der Waals surface area (Å²) in [4.78, 5) is 30.3. The second kappa shape index (κ2) is 5.37. The minimum Gasteiger partial charge on any atom is -0.320 e. The van der Waals surface area contributed by atoms with Crippen molar-refractivity contribution in [2.24, 2.45) is 0 Å². The van der Waals surface area contributed by atoms with E-state index in [4.69, 9.17) is 0 Å². The van der Waals surface area contributed by atoms with Crippen LogP contribution in [-0.4, -0.2) is 14.9 Å². The molecule has 0 bridgehead atoms. The Morgan fingerprint density at radius 3 is 2.57 bits per heavy atom. The molecule has 1 N–H and O–H groups in total. The number of benzene rings is 1. The van der Waals surface area contributed by atoms with Crippen molar-refractivity contribution >= 4 is 28.5 Å². The summed E-state index contributed by atoms with van der Waals surface area (Å²) in [5.74, 6) is 0. The van der Waals surface area contributed by atoms with Gasteiger partial charge < -0.3 is 4.98 Å². The Kier molecular flexibility index (Phi) is 3.41. The number of nitro groups is 1. The zero-order valence-corrected chi connectivity index (χ0v) is 11.5. The minimum absolute atomic E-state index is 0.0485. The third kappa shape index (κ3) is 2.77. The number of aromatic amines is 1. The van der Waals surface area contributed by atoms with Crippen LogP contribution in [0.5, 0.6) is 0 Å². The SMILES string of the molecule is O=c1ccc2nccc(Sc3ccc([N+](=O)[O-])cc3)c2[nH]1. The molecule has 0 spiro atoms. The van der Waals surface area contributed by atoms with Crippen molar-refractivity contribution in [1.82, 2.24) is 9.97 Å². The van der Waals surface area contributed by atoms with Crippen LogP contribution in [0.25, 0.3) is 11.0 Å². The number of H-pyrrole nitrogens is 1. The fourth-order valence-electron chi connectivity index (χ4n) is 1.88. The predicted molar refractivity (Wildman–Crippen MR) is 79.6 cm³/mol. The second-order valence-corrected chi connectivity index (χ2v) is 5.36. The van der Waals surface area contributed by atoms with E-state index in [0.29, 0.717) is 11.0 Å². The number of fused-ring (bicyclic) bond motifs is 1. The predicted octanol–water partition coefficient (Wildman–Crippen LogP) is 2.98. The van der Waals surface area contributed by atoms with E-state index >= 15 is 0 Å². The fraction of sp³-hybridized carbons (Fsp3) is 0. The van der Waals surface area contributed by atoms with E-state index in [9.17, 15) is 14.9 Å². The third-order valence-corrected chi connectivity index (χ3v) is 3.93. The Morgan fingerprint density at radius 2 is 1.86 bits per heavy atom. The molecule has 3 rings (SSSR count). The summed E-state index contributed by atoms with van der Waals surface area (Å²) in [7, 11) is 0. The molecular weight excluding hydrogens is 290 g/mol. The Morgan fingerprint density at radius 1 is 1.10 bits per heavy atom. The summed E-state index contributed by atoms with van der Waals surface area (Å²) in [6.45, 7) is 0. The molecule has 0 saturated heterocycles. The maximum absolute atomic E-state index is 11.4. The van der Waals surface area contributed by atoms with Gasteiger partial charge in [0, 0.05) is 34.2 Å². The van der Waals surface area contributed by atoms with Gasteiger partial charge in [-0.05, 0) is 24.3 Å². The molecule has 0 unspecified atom stereocenters. The van der Waals surface area contributed by atoms with Crippen molar-refractivity contribution in [2.45, 2.75) is 9.79 Å². The molecule has 21 heavy (non-hydrogen) atoms. The van der Waals surface area contributed by atoms with Gasteiger partial charge in [0.25, 0.3) is 5.69 Å². The van der Waals surface area contributed by atoms with Crippen molar-refractivity contribution in [1.29, 1.82) is 0 Å². The van der Waals surface area contributed by atoms with Crippen LogP contribution in [0.15, 0.2) is 63.2 Å². The lowest BCUT2D eigenvalue weighted by Gasteiger charge is -2.05. The molecule has 2 aromatic heterocycles. The quantitative estimate of drug-likeness (QED) is 0.593. The van der Waals surface area contributed by atoms with Gasteiger partial charge in [0.15, 0.2) is 0 Å². The molecule has 6 nitrogen and oxygen atoms in total. The molecule has 0 atom stereocenters. The van der Waals surface area contributed by atoms with Crippen LogP contribution in [0.3, 0.4) is 0 Å². The Balaban J connectivity index is 1.99. The van der Waals surface area contributed by atoms with Gasteiger partial charge in [-0.2, -0.15) is 0 Å². The largest absolute Gasteiger partial charge is 0.320 e. The number of pyridine rings is 2. The number of nitrogens with one attached hydrogen (secondary N) is 1. The van der Waals surface area contributed by atoms with Gasteiger partial charge in [-0.15, -0.1) is 0 Å². The number of nitrogens with zero attached hydrogens (tertiary/aromatic N) is 2. The van der Waals surface area contributed by atoms with Gasteiger partial charge in [-0.3, -0.25) is 19.9 Å². The third-order valence-electron chi connectivity index (χ3n) is 2.86. The minimum atomic E-state index is -0.437. The summed E-state index contributed by atoms with van der Waals surface area (Å²) in [6.07, 6.45) is 1.66. The first-order chi connectivity index (χ1) is 10.1. The van der Waals surface area contributed by atoms with E-state index in [-0.39, 0.29) is 11.2 Å². The average molecular weight is 299 g/mol. The van der Waals surface area contributed by atoms with Crippen LogP contribution >= 0.6 is 11.8 Å². The molecule has 0 aliphatic heterocycles. The van der Waals surface area contributed by atoms with Crippen molar-refractivity contribution < 1.29 is 4.92 Å². The lowest BCUT2D eigenvalue weighted by atomic mass is 10.3. The highest BCUT2D eigenvalue weighted by Gasteiger charge is 2.07. The van der Waals surface area contributed by atoms with Crippen LogP contribution < -0.4 is 5.56 Å². The van der Waals surface area contributed by atoms with Crippen LogP contribution in [0.4, 0.5) is 5.69 Å². The van der Waals surface area contributed by atoms with Crippen molar-refractivity contribution in [3.63, 3.8) is 0 Å². The molecule has 0 aliphatic rings. The molecule has 104 valence electrons. The summed E-state index contributed by atoms with van der Waals surface area (Å²) in [5, 5.41) is 10.6. The highest BCUT2D eigenvalue weighted by molar-refractivity contribution is 7.99. The summed E-state index contributed by atoms with van der Waals surface area (Å²) < 4.78 is 0. The Hall–Kier alpha value is -2.67. The van der Waals surface area contributed by atoms with Crippen LogP contribution in [-0.2, 0) is 0 Å². The molecule has 0 aliphatic carbocycles. The monoisotopic (exact) mass is 299 g/mol. The molecule has 3 aromatic rings. The van der Waals surface area contributed by atoms with Gasteiger partial charge >= 0.3 is 0 Å². The number of hydrogen-bond donors (Lipinski definition) is 1. The van der Waals surface area contributed by atoms with Gasteiger partial charge in [0.2, 0.25) is 5.56 Å². The van der Waals surface area contributed by atoms with E-state index in [1.807, 2.05) is 0 Å². The first-order valence-electron chi connectivity index (χ1n) is 6.04. The smallest absolute Gasteiger partial charge is 0.269 e. The van der Waals surface area contributed by atoms with E-state index < -0.39 is 4.92 Å². The van der Waals surface area contributed by atoms with Crippen molar-refractivity contribution in [2.75, 3.05) is 0 Å². The molecule has 0 fully saturated rings. The number of nitro benzene ring substituents is 1. The molecule has 0 amide bonds. The van der Waals surface area contributed by atoms with Crippen LogP contribution in [0.1, 0.15) is 0 Å². The lowest BCUT2D eigenvalue weighted by Crippen LogP contribution is -2.03. The summed E-state index contributed by atoms with van der Waals surface area (Å²) in [6, 6.07) is 11.1. The normalized spacial score (nSPS) is 10.7. The second-order valence-electron chi connectivity index (χ2n) is 4.24. The molecule has 2 heterocycles. The van der Waals surface area contributed by atoms with E-state index in [1.54, 1.807) is 30.5 Å². The van der Waals surface area contributed by atoms with Crippen molar-refractivity contribution in [3.8, 4) is 0 Å². The van der Waals surface area contributed by atoms with Gasteiger partial charge in [0.1, 0.15) is 0 Å². The van der Waals surface area contributed by atoms with Gasteiger partial charge in [0.05, 0.1) is 16.0 Å². The van der Waals surface area contributed by atoms with E-state index in [2.05, 4.69) is 9.97 Å². The molecule has 0 radical (unpaired) electrons. The van der Waals surface area contributed by atoms with E-state index in [1.165, 1.54) is 30.0 Å². The maximum atomic E-state index is 11.4. The molecule has 7 heteroatoms. The number of hydrogen-bond acceptors (Lipinski definition) is 5. The van der Waals surface area contributed by atoms with Crippen LogP contribution in [0, 0.1) is 10.1 Å². The number of aromatic nitrogens is 2. The highest BCUT2D eigenvalue weighted by Crippen LogP contribution is 2.32. The van der Waals surface area contributed by atoms with E-state index in [0.717, 1.165) is 9.79 Å². The summed E-state index contributed by atoms with van der Waals surface area (Å²) >= 11 is 1.41. The topological polar surface area (TPSA) is 88.9 Å². The molecule has 0 saturated carbocycles. The molecular formula is C14H9N3O3S. The van der Waals surface area contributed by atoms with Gasteiger partial charge in [-0.1, -0.05) is 11.8 Å². The lowest BCUT2D eigenvalue weighted by molar-refractivity contribution is -0.384. The first-order valence-corrected chi connectivity index (χ1v) is 6.85. The maximum Gasteiger partial charge on any atom is 0.269 e. The van der Waals surface area contributed by atoms with Crippen molar-refractivity contribution in [3.05, 3.63) is 69.1 Å². The fourth-order valence-corrected chi connectivity index (χ4v) is 2.79. The standard InChI is InChI=1S/C14H9N3O3S/c18-13-6-5-11-14(16-13)12(7-8-15-11)21-10-3-1-9(2-4-10)17(19)20/h1-8H,(H,16,18). The van der Waals surface area contributed by atoms with Crippen LogP contribution in [0.2, 0.25) is 0 Å². The Labute approximate surface area is 123 Å². The number of rotatable bonds is 3. The number of non-ortho nitro benzene ring substituents is 1. The first kappa shape index (κ1) is 13.3.